The number of alkyl halides is 1. The van der Waals surface area contributed by atoms with Gasteiger partial charge in [0.1, 0.15) is 12.0 Å². The van der Waals surface area contributed by atoms with Gasteiger partial charge < -0.3 is 10.2 Å². The Hall–Kier alpha value is -1.84. The molecule has 2 saturated heterocycles. The second-order valence-electron chi connectivity index (χ2n) is 11.4. The van der Waals surface area contributed by atoms with Crippen molar-refractivity contribution in [3.63, 3.8) is 0 Å². The van der Waals surface area contributed by atoms with Crippen LogP contribution in [-0.2, 0) is 16.6 Å². The Kier molecular flexibility index (Phi) is 10.1. The molecule has 3 aliphatic rings. The van der Waals surface area contributed by atoms with Gasteiger partial charge in [-0.05, 0) is 36.6 Å². The number of carbonyl (C=O) groups excluding carboxylic acids is 1. The highest BCUT2D eigenvalue weighted by atomic mass is 35.5. The zero-order valence-electron chi connectivity index (χ0n) is 22.3. The van der Waals surface area contributed by atoms with Crippen LogP contribution < -0.4 is 10.2 Å². The molecule has 0 bridgehead atoms. The van der Waals surface area contributed by atoms with E-state index in [1.807, 2.05) is 23.2 Å². The maximum atomic E-state index is 14.3. The fraction of sp³-hybridized carbons (Fsp3) is 0.571. The number of rotatable bonds is 6. The molecule has 210 valence electrons. The largest absolute Gasteiger partial charge is 0.311 e. The highest BCUT2D eigenvalue weighted by Crippen LogP contribution is 2.40. The predicted molar refractivity (Wildman–Crippen MR) is 152 cm³/mol. The van der Waals surface area contributed by atoms with Crippen LogP contribution in [0.5, 0.6) is 0 Å². The van der Waals surface area contributed by atoms with Crippen LogP contribution in [0.15, 0.2) is 36.5 Å². The number of pyridine rings is 1. The molecule has 0 spiro atoms. The van der Waals surface area contributed by atoms with E-state index < -0.39 is 6.17 Å². The lowest BCUT2D eigenvalue weighted by Gasteiger charge is -2.41. The molecule has 3 atom stereocenters. The molecule has 4 heterocycles. The van der Waals surface area contributed by atoms with Crippen LogP contribution in [0.1, 0.15) is 44.0 Å². The Labute approximate surface area is 237 Å². The van der Waals surface area contributed by atoms with Crippen molar-refractivity contribution in [2.24, 2.45) is 0 Å². The van der Waals surface area contributed by atoms with Crippen LogP contribution in [0.2, 0.25) is 0 Å². The van der Waals surface area contributed by atoms with E-state index in [0.29, 0.717) is 38.0 Å². The van der Waals surface area contributed by atoms with Crippen LogP contribution in [0.3, 0.4) is 0 Å². The maximum Gasteiger partial charge on any atom is 0.241 e. The van der Waals surface area contributed by atoms with E-state index in [4.69, 9.17) is 4.98 Å². The summed E-state index contributed by atoms with van der Waals surface area (Å²) < 4.78 is 28.0. The fourth-order valence-electron chi connectivity index (χ4n) is 5.87. The molecule has 10 heteroatoms. The van der Waals surface area contributed by atoms with Gasteiger partial charge in [0.2, 0.25) is 5.91 Å². The van der Waals surface area contributed by atoms with Crippen molar-refractivity contribution in [1.82, 2.24) is 20.1 Å². The monoisotopic (exact) mass is 569 g/mol. The van der Waals surface area contributed by atoms with Crippen molar-refractivity contribution < 1.29 is 13.6 Å². The van der Waals surface area contributed by atoms with Gasteiger partial charge in [-0.15, -0.1) is 24.8 Å². The number of nitrogens with zero attached hydrogens (tertiary/aromatic N) is 4. The first-order valence-corrected chi connectivity index (χ1v) is 13.1. The zero-order valence-corrected chi connectivity index (χ0v) is 24.0. The molecule has 3 aliphatic heterocycles. The minimum Gasteiger partial charge on any atom is -0.311 e. The highest BCUT2D eigenvalue weighted by Gasteiger charge is 2.41. The number of benzene rings is 1. The van der Waals surface area contributed by atoms with Crippen LogP contribution in [0, 0.1) is 5.82 Å². The predicted octanol–water partition coefficient (Wildman–Crippen LogP) is 3.99. The first-order chi connectivity index (χ1) is 17.2. The van der Waals surface area contributed by atoms with Crippen LogP contribution in [0.25, 0.3) is 0 Å². The van der Waals surface area contributed by atoms with Gasteiger partial charge in [0.05, 0.1) is 17.9 Å². The van der Waals surface area contributed by atoms with Crippen LogP contribution in [0.4, 0.5) is 14.5 Å². The summed E-state index contributed by atoms with van der Waals surface area (Å²) in [4.78, 5) is 24.8. The second kappa shape index (κ2) is 12.6. The first kappa shape index (κ1) is 30.7. The van der Waals surface area contributed by atoms with Crippen molar-refractivity contribution in [3.05, 3.63) is 59.2 Å². The lowest BCUT2D eigenvalue weighted by molar-refractivity contribution is -0.120. The molecule has 2 aromatic rings. The maximum absolute atomic E-state index is 14.3. The molecule has 1 aromatic heterocycles. The smallest absolute Gasteiger partial charge is 0.241 e. The highest BCUT2D eigenvalue weighted by molar-refractivity contribution is 5.97. The Balaban J connectivity index is 0.00000200. The molecule has 0 saturated carbocycles. The van der Waals surface area contributed by atoms with Crippen LogP contribution >= 0.6 is 24.8 Å². The molecule has 6 nitrogen and oxygen atoms in total. The van der Waals surface area contributed by atoms with Crippen molar-refractivity contribution >= 4 is 36.4 Å². The number of carbonyl (C=O) groups is 1. The molecule has 5 rings (SSSR count). The quantitative estimate of drug-likeness (QED) is 0.570. The summed E-state index contributed by atoms with van der Waals surface area (Å²) in [5.41, 5.74) is 2.98. The lowest BCUT2D eigenvalue weighted by atomic mass is 9.91. The number of amides is 1. The number of hydrogen-bond donors (Lipinski definition) is 1. The van der Waals surface area contributed by atoms with Gasteiger partial charge >= 0.3 is 0 Å². The molecule has 38 heavy (non-hydrogen) atoms. The van der Waals surface area contributed by atoms with Gasteiger partial charge in [-0.25, -0.2) is 8.78 Å². The van der Waals surface area contributed by atoms with Crippen molar-refractivity contribution in [2.45, 2.75) is 57.3 Å². The van der Waals surface area contributed by atoms with E-state index in [-0.39, 0.29) is 54.0 Å². The Morgan fingerprint density at radius 2 is 1.97 bits per heavy atom. The summed E-state index contributed by atoms with van der Waals surface area (Å²) in [5.74, 6) is -0.183. The topological polar surface area (TPSA) is 51.7 Å². The third-order valence-electron chi connectivity index (χ3n) is 7.81. The number of nitrogens with one attached hydrogen (secondary N) is 1. The summed E-state index contributed by atoms with van der Waals surface area (Å²) in [5, 5.41) is 3.53. The van der Waals surface area contributed by atoms with Gasteiger partial charge in [-0.3, -0.25) is 19.6 Å². The minimum atomic E-state index is -0.745. The van der Waals surface area contributed by atoms with Gasteiger partial charge in [0, 0.05) is 69.4 Å². The SMILES string of the molecule is C[C@@H]1CN(CC(=O)N2CC(C)(C)c3ncc(Cc4ccccc4F)cc32)[C@@H](CN2CC[C@@H](F)C2)CN1.Cl.Cl. The Morgan fingerprint density at radius 1 is 1.21 bits per heavy atom. The Bertz CT molecular complexity index is 1120. The second-order valence-corrected chi connectivity index (χ2v) is 11.4. The van der Waals surface area contributed by atoms with E-state index in [0.717, 1.165) is 43.1 Å². The van der Waals surface area contributed by atoms with Gasteiger partial charge in [0.15, 0.2) is 0 Å². The summed E-state index contributed by atoms with van der Waals surface area (Å²) in [6.07, 6.45) is 2.09. The average molecular weight is 571 g/mol. The number of fused-ring (bicyclic) bond motifs is 1. The molecule has 1 N–H and O–H groups in total. The number of aromatic nitrogens is 1. The number of anilines is 1. The van der Waals surface area contributed by atoms with E-state index in [9.17, 15) is 13.6 Å². The summed E-state index contributed by atoms with van der Waals surface area (Å²) >= 11 is 0. The molecule has 0 radical (unpaired) electrons. The lowest BCUT2D eigenvalue weighted by Crippen LogP contribution is -2.60. The summed E-state index contributed by atoms with van der Waals surface area (Å²) in [6.45, 7) is 10.8. The van der Waals surface area contributed by atoms with E-state index in [1.165, 1.54) is 6.07 Å². The standard InChI is InChI=1S/C28H37F2N5O.2ClH/c1-19-14-34(23(13-31-19)16-33-9-8-22(29)15-33)17-26(36)35-18-28(2,3)27-25(35)11-20(12-32-27)10-21-6-4-5-7-24(21)30;;/h4-7,11-12,19,22-23,31H,8-10,13-18H2,1-3H3;2*1H/t19-,22-,23-;;/m1../s1. The number of piperazine rings is 1. The average Bonchev–Trinajstić information content (AvgIpc) is 3.36. The number of halogens is 4. The first-order valence-electron chi connectivity index (χ1n) is 13.1. The third kappa shape index (κ3) is 6.65. The molecule has 1 amide bonds. The van der Waals surface area contributed by atoms with E-state index in [2.05, 4.69) is 35.9 Å². The van der Waals surface area contributed by atoms with Crippen LogP contribution in [-0.4, -0.2) is 84.8 Å². The molecule has 1 aromatic carbocycles. The van der Waals surface area contributed by atoms with E-state index >= 15 is 0 Å². The molecular formula is C28H39Cl2F2N5O. The zero-order chi connectivity index (χ0) is 25.4. The van der Waals surface area contributed by atoms with Gasteiger partial charge in [-0.2, -0.15) is 0 Å². The fourth-order valence-corrected chi connectivity index (χ4v) is 5.87. The van der Waals surface area contributed by atoms with Gasteiger partial charge in [-0.1, -0.05) is 32.0 Å². The Morgan fingerprint density at radius 3 is 2.68 bits per heavy atom. The molecule has 0 unspecified atom stereocenters. The third-order valence-corrected chi connectivity index (χ3v) is 7.81. The normalized spacial score (nSPS) is 25.0. The number of hydrogen-bond acceptors (Lipinski definition) is 5. The van der Waals surface area contributed by atoms with Gasteiger partial charge in [0.25, 0.3) is 0 Å². The minimum absolute atomic E-state index is 0. The molecule has 2 fully saturated rings. The molecular weight excluding hydrogens is 531 g/mol. The molecule has 0 aliphatic carbocycles. The van der Waals surface area contributed by atoms with Crippen molar-refractivity contribution in [1.29, 1.82) is 0 Å². The van der Waals surface area contributed by atoms with Crippen molar-refractivity contribution in [3.8, 4) is 0 Å². The number of likely N-dealkylation sites (tertiary alicyclic amines) is 1. The van der Waals surface area contributed by atoms with Crippen molar-refractivity contribution in [2.75, 3.05) is 50.7 Å². The van der Waals surface area contributed by atoms with E-state index in [1.54, 1.807) is 12.1 Å². The summed E-state index contributed by atoms with van der Waals surface area (Å²) in [7, 11) is 0. The summed E-state index contributed by atoms with van der Waals surface area (Å²) in [6, 6.07) is 9.23.